The largest absolute Gasteiger partial charge is 0.475 e. The third kappa shape index (κ3) is 5.89. The van der Waals surface area contributed by atoms with Crippen LogP contribution in [0.3, 0.4) is 0 Å². The average Bonchev–Trinajstić information content (AvgIpc) is 2.72. The molecule has 0 spiro atoms. The van der Waals surface area contributed by atoms with Gasteiger partial charge in [0, 0.05) is 0 Å². The number of hydrogen-bond donors (Lipinski definition) is 1. The van der Waals surface area contributed by atoms with Gasteiger partial charge in [-0.1, -0.05) is 0 Å². The lowest BCUT2D eigenvalue weighted by Gasteiger charge is -2.29. The molecule has 1 N–H and O–H groups in total. The van der Waals surface area contributed by atoms with E-state index in [1.54, 1.807) is 6.07 Å². The van der Waals surface area contributed by atoms with E-state index < -0.39 is 11.6 Å². The van der Waals surface area contributed by atoms with Crippen LogP contribution in [-0.4, -0.2) is 28.9 Å². The molecule has 5 nitrogen and oxygen atoms in total. The first-order chi connectivity index (χ1) is 8.59. The summed E-state index contributed by atoms with van der Waals surface area (Å²) < 4.78 is 16.5. The smallest absolute Gasteiger partial charge is 0.371 e. The standard InChI is InChI=1S/C14H22O5/c1-13(2,3)18-9-14(4,5)17-8-10-6-7-11(19-10)12(15)16/h6-7H,8-9H2,1-5H3,(H,15,16). The van der Waals surface area contributed by atoms with Gasteiger partial charge in [-0.2, -0.15) is 0 Å². The van der Waals surface area contributed by atoms with E-state index in [1.807, 2.05) is 34.6 Å². The van der Waals surface area contributed by atoms with Crippen LogP contribution in [0.2, 0.25) is 0 Å². The Bertz CT molecular complexity index is 425. The summed E-state index contributed by atoms with van der Waals surface area (Å²) in [7, 11) is 0. The van der Waals surface area contributed by atoms with Crippen LogP contribution in [0.1, 0.15) is 50.9 Å². The Morgan fingerprint density at radius 2 is 1.84 bits per heavy atom. The van der Waals surface area contributed by atoms with E-state index in [0.717, 1.165) is 0 Å². The molecule has 0 bridgehead atoms. The fraction of sp³-hybridized carbons (Fsp3) is 0.643. The lowest BCUT2D eigenvalue weighted by molar-refractivity contribution is -0.122. The van der Waals surface area contributed by atoms with Crippen LogP contribution in [0.4, 0.5) is 0 Å². The molecule has 0 fully saturated rings. The molecule has 0 aliphatic carbocycles. The van der Waals surface area contributed by atoms with Crippen molar-refractivity contribution in [3.8, 4) is 0 Å². The SMILES string of the molecule is CC(C)(C)OCC(C)(C)OCc1ccc(C(=O)O)o1. The lowest BCUT2D eigenvalue weighted by atomic mass is 10.1. The van der Waals surface area contributed by atoms with E-state index >= 15 is 0 Å². The fourth-order valence-corrected chi connectivity index (χ4v) is 1.27. The molecule has 0 radical (unpaired) electrons. The Labute approximate surface area is 113 Å². The van der Waals surface area contributed by atoms with Crippen molar-refractivity contribution < 1.29 is 23.8 Å². The van der Waals surface area contributed by atoms with Crippen molar-refractivity contribution in [3.63, 3.8) is 0 Å². The van der Waals surface area contributed by atoms with Crippen molar-refractivity contribution in [2.45, 2.75) is 52.4 Å². The molecule has 1 aromatic heterocycles. The van der Waals surface area contributed by atoms with Gasteiger partial charge in [0.15, 0.2) is 0 Å². The Balaban J connectivity index is 2.47. The van der Waals surface area contributed by atoms with E-state index in [9.17, 15) is 4.79 Å². The van der Waals surface area contributed by atoms with Gasteiger partial charge in [0.25, 0.3) is 0 Å². The van der Waals surface area contributed by atoms with Crippen LogP contribution in [0.5, 0.6) is 0 Å². The minimum absolute atomic E-state index is 0.0812. The Hall–Kier alpha value is -1.33. The predicted octanol–water partition coefficient (Wildman–Crippen LogP) is 3.09. The van der Waals surface area contributed by atoms with Crippen molar-refractivity contribution in [1.29, 1.82) is 0 Å². The van der Waals surface area contributed by atoms with E-state index in [2.05, 4.69) is 0 Å². The first kappa shape index (κ1) is 15.7. The summed E-state index contributed by atoms with van der Waals surface area (Å²) >= 11 is 0. The highest BCUT2D eigenvalue weighted by molar-refractivity contribution is 5.84. The number of aromatic carboxylic acids is 1. The summed E-state index contributed by atoms with van der Waals surface area (Å²) in [5, 5.41) is 8.75. The lowest BCUT2D eigenvalue weighted by Crippen LogP contribution is -2.35. The number of furan rings is 1. The molecule has 19 heavy (non-hydrogen) atoms. The summed E-state index contributed by atoms with van der Waals surface area (Å²) in [6.45, 7) is 10.4. The molecule has 5 heteroatoms. The van der Waals surface area contributed by atoms with Gasteiger partial charge in [0.2, 0.25) is 5.76 Å². The molecular formula is C14H22O5. The van der Waals surface area contributed by atoms with Crippen molar-refractivity contribution >= 4 is 5.97 Å². The number of carbonyl (C=O) groups is 1. The zero-order valence-corrected chi connectivity index (χ0v) is 12.1. The second-order valence-corrected chi connectivity index (χ2v) is 6.02. The normalized spacial score (nSPS) is 12.7. The van der Waals surface area contributed by atoms with Gasteiger partial charge < -0.3 is 19.0 Å². The van der Waals surface area contributed by atoms with Gasteiger partial charge in [-0.25, -0.2) is 4.79 Å². The Morgan fingerprint density at radius 1 is 1.21 bits per heavy atom. The molecular weight excluding hydrogens is 248 g/mol. The zero-order chi connectivity index (χ0) is 14.7. The average molecular weight is 270 g/mol. The molecule has 0 atom stereocenters. The van der Waals surface area contributed by atoms with Gasteiger partial charge in [-0.15, -0.1) is 0 Å². The monoisotopic (exact) mass is 270 g/mol. The fourth-order valence-electron chi connectivity index (χ4n) is 1.27. The summed E-state index contributed by atoms with van der Waals surface area (Å²) in [5.74, 6) is -0.676. The van der Waals surface area contributed by atoms with Crippen LogP contribution in [0.25, 0.3) is 0 Å². The second-order valence-electron chi connectivity index (χ2n) is 6.02. The van der Waals surface area contributed by atoms with Crippen molar-refractivity contribution in [3.05, 3.63) is 23.7 Å². The maximum Gasteiger partial charge on any atom is 0.371 e. The second kappa shape index (κ2) is 5.75. The number of ether oxygens (including phenoxy) is 2. The quantitative estimate of drug-likeness (QED) is 0.860. The topological polar surface area (TPSA) is 68.9 Å². The van der Waals surface area contributed by atoms with Crippen molar-refractivity contribution in [1.82, 2.24) is 0 Å². The minimum atomic E-state index is -1.08. The molecule has 1 aromatic rings. The number of carboxylic acid groups (broad SMARTS) is 1. The highest BCUT2D eigenvalue weighted by Gasteiger charge is 2.23. The molecule has 1 rings (SSSR count). The van der Waals surface area contributed by atoms with Crippen LogP contribution >= 0.6 is 0 Å². The van der Waals surface area contributed by atoms with Crippen LogP contribution < -0.4 is 0 Å². The van der Waals surface area contributed by atoms with E-state index in [1.165, 1.54) is 6.07 Å². The molecule has 0 amide bonds. The minimum Gasteiger partial charge on any atom is -0.475 e. The van der Waals surface area contributed by atoms with Crippen molar-refractivity contribution in [2.75, 3.05) is 6.61 Å². The maximum absolute atomic E-state index is 10.7. The summed E-state index contributed by atoms with van der Waals surface area (Å²) in [6.07, 6.45) is 0. The van der Waals surface area contributed by atoms with Gasteiger partial charge in [0.05, 0.1) is 17.8 Å². The zero-order valence-electron chi connectivity index (χ0n) is 12.1. The predicted molar refractivity (Wildman–Crippen MR) is 70.2 cm³/mol. The first-order valence-corrected chi connectivity index (χ1v) is 6.19. The van der Waals surface area contributed by atoms with E-state index in [0.29, 0.717) is 12.4 Å². The maximum atomic E-state index is 10.7. The molecule has 0 aliphatic heterocycles. The van der Waals surface area contributed by atoms with Crippen LogP contribution in [0.15, 0.2) is 16.5 Å². The summed E-state index contributed by atoms with van der Waals surface area (Å²) in [5.41, 5.74) is -0.689. The molecule has 0 unspecified atom stereocenters. The number of carboxylic acids is 1. The number of rotatable bonds is 6. The molecule has 0 aromatic carbocycles. The molecule has 1 heterocycles. The molecule has 0 aliphatic rings. The molecule has 0 saturated heterocycles. The van der Waals surface area contributed by atoms with E-state index in [4.69, 9.17) is 19.0 Å². The van der Waals surface area contributed by atoms with Gasteiger partial charge in [0.1, 0.15) is 12.4 Å². The Morgan fingerprint density at radius 3 is 2.32 bits per heavy atom. The van der Waals surface area contributed by atoms with Gasteiger partial charge in [-0.05, 0) is 46.8 Å². The van der Waals surface area contributed by atoms with Gasteiger partial charge in [-0.3, -0.25) is 0 Å². The molecule has 108 valence electrons. The first-order valence-electron chi connectivity index (χ1n) is 6.19. The highest BCUT2D eigenvalue weighted by atomic mass is 16.6. The van der Waals surface area contributed by atoms with Crippen LogP contribution in [-0.2, 0) is 16.1 Å². The summed E-state index contributed by atoms with van der Waals surface area (Å²) in [6, 6.07) is 3.02. The Kier molecular flexibility index (Phi) is 4.76. The molecule has 0 saturated carbocycles. The highest BCUT2D eigenvalue weighted by Crippen LogP contribution is 2.18. The van der Waals surface area contributed by atoms with Crippen molar-refractivity contribution in [2.24, 2.45) is 0 Å². The van der Waals surface area contributed by atoms with E-state index in [-0.39, 0.29) is 18.0 Å². The summed E-state index contributed by atoms with van der Waals surface area (Å²) in [4.78, 5) is 10.7. The third-order valence-corrected chi connectivity index (χ3v) is 2.33. The third-order valence-electron chi connectivity index (χ3n) is 2.33. The number of hydrogen-bond acceptors (Lipinski definition) is 4. The van der Waals surface area contributed by atoms with Gasteiger partial charge >= 0.3 is 5.97 Å². The van der Waals surface area contributed by atoms with Crippen LogP contribution in [0, 0.1) is 0 Å².